The molecule has 1 saturated heterocycles. The topological polar surface area (TPSA) is 68.5 Å². The highest BCUT2D eigenvalue weighted by atomic mass is 32.1. The summed E-state index contributed by atoms with van der Waals surface area (Å²) in [7, 11) is 1.81. The third-order valence-electron chi connectivity index (χ3n) is 3.70. The standard InChI is InChI=1S/C14H17N3O2S/c1-8-3-4-10-11(15)12(20-13(10)16-8)14(18)17(2)9-5-6-19-7-9/h3-4,9H,5-7,15H2,1-2H3. The fourth-order valence-corrected chi connectivity index (χ4v) is 3.52. The van der Waals surface area contributed by atoms with Crippen LogP contribution in [0.4, 0.5) is 5.69 Å². The average molecular weight is 291 g/mol. The molecule has 0 spiro atoms. The second-order valence-electron chi connectivity index (χ2n) is 5.08. The molecule has 20 heavy (non-hydrogen) atoms. The van der Waals surface area contributed by atoms with E-state index in [0.29, 0.717) is 23.8 Å². The monoisotopic (exact) mass is 291 g/mol. The molecule has 2 aromatic rings. The van der Waals surface area contributed by atoms with Gasteiger partial charge in [0.2, 0.25) is 0 Å². The number of nitrogens with zero attached hydrogens (tertiary/aromatic N) is 2. The number of amides is 1. The molecule has 1 fully saturated rings. The maximum atomic E-state index is 12.6. The van der Waals surface area contributed by atoms with Crippen molar-refractivity contribution < 1.29 is 9.53 Å². The first kappa shape index (κ1) is 13.3. The van der Waals surface area contributed by atoms with E-state index in [0.717, 1.165) is 22.3 Å². The lowest BCUT2D eigenvalue weighted by Gasteiger charge is -2.22. The van der Waals surface area contributed by atoms with Crippen molar-refractivity contribution >= 4 is 33.1 Å². The molecule has 106 valence electrons. The summed E-state index contributed by atoms with van der Waals surface area (Å²) in [6.07, 6.45) is 0.879. The molecule has 1 aliphatic heterocycles. The number of carbonyl (C=O) groups excluding carboxylic acids is 1. The Kier molecular flexibility index (Phi) is 3.35. The molecule has 0 radical (unpaired) electrons. The number of ether oxygens (including phenoxy) is 1. The van der Waals surface area contributed by atoms with Crippen molar-refractivity contribution in [1.29, 1.82) is 0 Å². The van der Waals surface area contributed by atoms with Crippen molar-refractivity contribution in [1.82, 2.24) is 9.88 Å². The lowest BCUT2D eigenvalue weighted by Crippen LogP contribution is -2.37. The molecule has 6 heteroatoms. The molecule has 0 aliphatic carbocycles. The Labute approximate surface area is 121 Å². The van der Waals surface area contributed by atoms with Gasteiger partial charge in [-0.25, -0.2) is 4.98 Å². The van der Waals surface area contributed by atoms with Crippen molar-refractivity contribution in [3.63, 3.8) is 0 Å². The van der Waals surface area contributed by atoms with Crippen LogP contribution in [0.2, 0.25) is 0 Å². The number of aryl methyl sites for hydroxylation is 1. The quantitative estimate of drug-likeness (QED) is 0.919. The van der Waals surface area contributed by atoms with E-state index in [9.17, 15) is 4.79 Å². The second kappa shape index (κ2) is 5.03. The highest BCUT2D eigenvalue weighted by molar-refractivity contribution is 7.21. The number of rotatable bonds is 2. The van der Waals surface area contributed by atoms with Crippen LogP contribution in [-0.4, -0.2) is 42.1 Å². The van der Waals surface area contributed by atoms with E-state index in [4.69, 9.17) is 10.5 Å². The lowest BCUT2D eigenvalue weighted by molar-refractivity contribution is 0.0717. The fourth-order valence-electron chi connectivity index (χ4n) is 2.40. The molecule has 1 amide bonds. The van der Waals surface area contributed by atoms with Crippen LogP contribution in [0, 0.1) is 6.92 Å². The third kappa shape index (κ3) is 2.14. The van der Waals surface area contributed by atoms with Crippen molar-refractivity contribution in [2.75, 3.05) is 26.0 Å². The number of carbonyl (C=O) groups is 1. The average Bonchev–Trinajstić information content (AvgIpc) is 3.05. The zero-order valence-electron chi connectivity index (χ0n) is 11.5. The van der Waals surface area contributed by atoms with Gasteiger partial charge in [0.25, 0.3) is 5.91 Å². The van der Waals surface area contributed by atoms with Gasteiger partial charge in [0.05, 0.1) is 18.3 Å². The number of thiophene rings is 1. The van der Waals surface area contributed by atoms with Gasteiger partial charge in [-0.3, -0.25) is 4.79 Å². The molecule has 3 rings (SSSR count). The van der Waals surface area contributed by atoms with E-state index in [1.54, 1.807) is 4.90 Å². The molecule has 0 saturated carbocycles. The van der Waals surface area contributed by atoms with Crippen LogP contribution >= 0.6 is 11.3 Å². The Bertz CT molecular complexity index is 662. The minimum absolute atomic E-state index is 0.0429. The summed E-state index contributed by atoms with van der Waals surface area (Å²) in [6.45, 7) is 3.24. The van der Waals surface area contributed by atoms with Crippen LogP contribution in [0.25, 0.3) is 10.2 Å². The summed E-state index contributed by atoms with van der Waals surface area (Å²) in [5.41, 5.74) is 7.58. The number of likely N-dealkylation sites (N-methyl/N-ethyl adjacent to an activating group) is 1. The van der Waals surface area contributed by atoms with Crippen molar-refractivity contribution in [3.8, 4) is 0 Å². The number of aromatic nitrogens is 1. The summed E-state index contributed by atoms with van der Waals surface area (Å²) >= 11 is 1.37. The SMILES string of the molecule is Cc1ccc2c(N)c(C(=O)N(C)C3CCOC3)sc2n1. The van der Waals surface area contributed by atoms with Gasteiger partial charge >= 0.3 is 0 Å². The Balaban J connectivity index is 1.96. The predicted octanol–water partition coefficient (Wildman–Crippen LogP) is 2.05. The summed E-state index contributed by atoms with van der Waals surface area (Å²) < 4.78 is 5.34. The molecule has 0 aromatic carbocycles. The third-order valence-corrected chi connectivity index (χ3v) is 4.80. The number of hydrogen-bond donors (Lipinski definition) is 1. The Morgan fingerprint density at radius 2 is 2.35 bits per heavy atom. The molecule has 1 atom stereocenters. The Morgan fingerprint density at radius 3 is 3.05 bits per heavy atom. The van der Waals surface area contributed by atoms with Crippen LogP contribution in [0.15, 0.2) is 12.1 Å². The molecule has 3 heterocycles. The van der Waals surface area contributed by atoms with Crippen molar-refractivity contribution in [3.05, 3.63) is 22.7 Å². The Hall–Kier alpha value is -1.66. The minimum Gasteiger partial charge on any atom is -0.397 e. The van der Waals surface area contributed by atoms with Gasteiger partial charge in [0, 0.05) is 24.7 Å². The number of anilines is 1. The highest BCUT2D eigenvalue weighted by Gasteiger charge is 2.27. The van der Waals surface area contributed by atoms with Crippen LogP contribution in [0.5, 0.6) is 0 Å². The zero-order chi connectivity index (χ0) is 14.3. The van der Waals surface area contributed by atoms with Crippen LogP contribution in [-0.2, 0) is 4.74 Å². The molecule has 2 aromatic heterocycles. The second-order valence-corrected chi connectivity index (χ2v) is 6.08. The van der Waals surface area contributed by atoms with Crippen LogP contribution in [0.1, 0.15) is 21.8 Å². The first-order valence-corrected chi connectivity index (χ1v) is 7.40. The van der Waals surface area contributed by atoms with E-state index in [-0.39, 0.29) is 11.9 Å². The molecule has 5 nitrogen and oxygen atoms in total. The van der Waals surface area contributed by atoms with Gasteiger partial charge in [0.15, 0.2) is 0 Å². The summed E-state index contributed by atoms with van der Waals surface area (Å²) in [4.78, 5) is 20.2. The van der Waals surface area contributed by atoms with Gasteiger partial charge in [-0.1, -0.05) is 0 Å². The minimum atomic E-state index is -0.0429. The van der Waals surface area contributed by atoms with Gasteiger partial charge in [-0.2, -0.15) is 0 Å². The number of nitrogen functional groups attached to an aromatic ring is 1. The first-order chi connectivity index (χ1) is 9.58. The maximum absolute atomic E-state index is 12.6. The van der Waals surface area contributed by atoms with Crippen molar-refractivity contribution in [2.24, 2.45) is 0 Å². The molecular weight excluding hydrogens is 274 g/mol. The smallest absolute Gasteiger partial charge is 0.266 e. The largest absolute Gasteiger partial charge is 0.397 e. The summed E-state index contributed by atoms with van der Waals surface area (Å²) in [5.74, 6) is -0.0429. The molecular formula is C14H17N3O2S. The number of pyridine rings is 1. The van der Waals surface area contributed by atoms with Crippen molar-refractivity contribution in [2.45, 2.75) is 19.4 Å². The van der Waals surface area contributed by atoms with E-state index >= 15 is 0 Å². The maximum Gasteiger partial charge on any atom is 0.266 e. The molecule has 2 N–H and O–H groups in total. The summed E-state index contributed by atoms with van der Waals surface area (Å²) in [6, 6.07) is 3.98. The van der Waals surface area contributed by atoms with Gasteiger partial charge < -0.3 is 15.4 Å². The predicted molar refractivity (Wildman–Crippen MR) is 80.1 cm³/mol. The van der Waals surface area contributed by atoms with Gasteiger partial charge in [0.1, 0.15) is 9.71 Å². The van der Waals surface area contributed by atoms with E-state index in [1.165, 1.54) is 11.3 Å². The van der Waals surface area contributed by atoms with E-state index in [1.807, 2.05) is 26.1 Å². The molecule has 0 bridgehead atoms. The molecule has 1 aliphatic rings. The van der Waals surface area contributed by atoms with E-state index in [2.05, 4.69) is 4.98 Å². The number of nitrogens with two attached hydrogens (primary N) is 1. The van der Waals surface area contributed by atoms with Crippen LogP contribution < -0.4 is 5.73 Å². The number of fused-ring (bicyclic) bond motifs is 1. The van der Waals surface area contributed by atoms with E-state index < -0.39 is 0 Å². The van der Waals surface area contributed by atoms with Crippen LogP contribution in [0.3, 0.4) is 0 Å². The lowest BCUT2D eigenvalue weighted by atomic mass is 10.2. The highest BCUT2D eigenvalue weighted by Crippen LogP contribution is 2.33. The molecule has 1 unspecified atom stereocenters. The Morgan fingerprint density at radius 1 is 1.55 bits per heavy atom. The normalized spacial score (nSPS) is 18.6. The first-order valence-electron chi connectivity index (χ1n) is 6.58. The van der Waals surface area contributed by atoms with Gasteiger partial charge in [-0.15, -0.1) is 11.3 Å². The van der Waals surface area contributed by atoms with Gasteiger partial charge in [-0.05, 0) is 25.5 Å². The zero-order valence-corrected chi connectivity index (χ0v) is 12.4. The summed E-state index contributed by atoms with van der Waals surface area (Å²) in [5, 5.41) is 0.861. The number of hydrogen-bond acceptors (Lipinski definition) is 5. The fraction of sp³-hybridized carbons (Fsp3) is 0.429.